The van der Waals surface area contributed by atoms with Crippen molar-refractivity contribution in [3.63, 3.8) is 0 Å². The maximum absolute atomic E-state index is 13.9. The van der Waals surface area contributed by atoms with E-state index in [2.05, 4.69) is 20.9 Å². The van der Waals surface area contributed by atoms with Gasteiger partial charge in [-0.1, -0.05) is 88.4 Å². The van der Waals surface area contributed by atoms with Crippen LogP contribution in [-0.4, -0.2) is 84.1 Å². The molecule has 0 saturated heterocycles. The van der Waals surface area contributed by atoms with E-state index in [1.807, 2.05) is 74.5 Å². The fourth-order valence-corrected chi connectivity index (χ4v) is 5.46. The Labute approximate surface area is 290 Å². The molecule has 13 nitrogen and oxygen atoms in total. The summed E-state index contributed by atoms with van der Waals surface area (Å²) in [6.07, 6.45) is -0.516. The van der Waals surface area contributed by atoms with Crippen LogP contribution in [0.25, 0.3) is 0 Å². The largest absolute Gasteiger partial charge is 0.445 e. The normalized spacial score (nSPS) is 13.5. The first kappa shape index (κ1) is 40.5. The predicted molar refractivity (Wildman–Crippen MR) is 190 cm³/mol. The summed E-state index contributed by atoms with van der Waals surface area (Å²) in [5.74, 6) is -1.64. The molecule has 0 aliphatic carbocycles. The number of amides is 4. The zero-order chi connectivity index (χ0) is 36.3. The molecule has 2 aromatic carbocycles. The number of nitrogens with zero attached hydrogens (tertiary/aromatic N) is 2. The fourth-order valence-electron chi connectivity index (χ4n) is 5.46. The molecule has 13 heteroatoms. The Morgan fingerprint density at radius 2 is 1.53 bits per heavy atom. The number of hydrogen-bond donors (Lipinski definition) is 6. The van der Waals surface area contributed by atoms with Gasteiger partial charge < -0.3 is 42.2 Å². The summed E-state index contributed by atoms with van der Waals surface area (Å²) in [5.41, 5.74) is 12.7. The van der Waals surface area contributed by atoms with Crippen LogP contribution >= 0.6 is 0 Å². The summed E-state index contributed by atoms with van der Waals surface area (Å²) >= 11 is 0. The third-order valence-electron chi connectivity index (χ3n) is 7.90. The SMILES string of the molecule is CC(C)C[C@@H](NC(=O)[C@H](C(C)C)N(C)C(=O)[C@H](CCCN=C(N)N)NC(=O)OCc1ccccc1)[C@H](O)CC(=O)NCCc1ccccc1. The minimum atomic E-state index is -1.15. The Bertz CT molecular complexity index is 1340. The maximum Gasteiger partial charge on any atom is 0.408 e. The molecular weight excluding hydrogens is 626 g/mol. The molecule has 0 spiro atoms. The van der Waals surface area contributed by atoms with Gasteiger partial charge in [0.15, 0.2) is 5.96 Å². The molecule has 4 atom stereocenters. The lowest BCUT2D eigenvalue weighted by atomic mass is 9.95. The van der Waals surface area contributed by atoms with E-state index in [9.17, 15) is 24.3 Å². The molecule has 8 N–H and O–H groups in total. The Morgan fingerprint density at radius 1 is 0.918 bits per heavy atom. The molecule has 2 rings (SSSR count). The summed E-state index contributed by atoms with van der Waals surface area (Å²) < 4.78 is 5.35. The number of nitrogens with one attached hydrogen (secondary N) is 3. The number of alkyl carbamates (subject to hydrolysis) is 1. The fraction of sp³-hybridized carbons (Fsp3) is 0.528. The number of carbonyl (C=O) groups excluding carboxylic acids is 4. The lowest BCUT2D eigenvalue weighted by molar-refractivity contribution is -0.143. The quantitative estimate of drug-likeness (QED) is 0.0695. The number of nitrogens with two attached hydrogens (primary N) is 2. The van der Waals surface area contributed by atoms with Crippen LogP contribution in [-0.2, 0) is 32.1 Å². The lowest BCUT2D eigenvalue weighted by Gasteiger charge is -2.35. The molecule has 0 aliphatic rings. The average Bonchev–Trinajstić information content (AvgIpc) is 3.05. The number of likely N-dealkylation sites (N-methyl/N-ethyl adjacent to an activating group) is 1. The van der Waals surface area contributed by atoms with Gasteiger partial charge in [-0.15, -0.1) is 0 Å². The minimum Gasteiger partial charge on any atom is -0.445 e. The number of ether oxygens (including phenoxy) is 1. The first-order chi connectivity index (χ1) is 23.3. The van der Waals surface area contributed by atoms with E-state index in [-0.39, 0.29) is 49.7 Å². The molecule has 0 heterocycles. The number of rotatable bonds is 20. The zero-order valence-corrected chi connectivity index (χ0v) is 29.4. The monoisotopic (exact) mass is 681 g/mol. The van der Waals surface area contributed by atoms with Gasteiger partial charge >= 0.3 is 6.09 Å². The van der Waals surface area contributed by atoms with Crippen molar-refractivity contribution in [2.24, 2.45) is 28.3 Å². The highest BCUT2D eigenvalue weighted by atomic mass is 16.5. The Balaban J connectivity index is 2.11. The topological polar surface area (TPSA) is 201 Å². The third-order valence-corrected chi connectivity index (χ3v) is 7.90. The molecule has 0 saturated carbocycles. The van der Waals surface area contributed by atoms with Gasteiger partial charge in [-0.3, -0.25) is 19.4 Å². The molecule has 0 unspecified atom stereocenters. The van der Waals surface area contributed by atoms with Gasteiger partial charge in [0, 0.05) is 20.1 Å². The van der Waals surface area contributed by atoms with Crippen LogP contribution in [0.5, 0.6) is 0 Å². The molecule has 2 aromatic rings. The molecule has 4 amide bonds. The molecule has 0 fully saturated rings. The highest BCUT2D eigenvalue weighted by molar-refractivity contribution is 5.91. The van der Waals surface area contributed by atoms with Crippen molar-refractivity contribution in [2.75, 3.05) is 20.1 Å². The smallest absolute Gasteiger partial charge is 0.408 e. The number of aliphatic imine (C=N–C) groups is 1. The van der Waals surface area contributed by atoms with Gasteiger partial charge in [-0.25, -0.2) is 4.79 Å². The summed E-state index contributed by atoms with van der Waals surface area (Å²) in [5, 5.41) is 19.5. The molecule has 0 radical (unpaired) electrons. The van der Waals surface area contributed by atoms with Crippen molar-refractivity contribution >= 4 is 29.8 Å². The van der Waals surface area contributed by atoms with Gasteiger partial charge in [0.05, 0.1) is 18.6 Å². The highest BCUT2D eigenvalue weighted by Crippen LogP contribution is 2.17. The van der Waals surface area contributed by atoms with E-state index in [0.29, 0.717) is 25.8 Å². The minimum absolute atomic E-state index is 0.0130. The van der Waals surface area contributed by atoms with Gasteiger partial charge in [0.1, 0.15) is 18.7 Å². The van der Waals surface area contributed by atoms with Crippen molar-refractivity contribution in [1.82, 2.24) is 20.9 Å². The van der Waals surface area contributed by atoms with Crippen LogP contribution in [0.2, 0.25) is 0 Å². The predicted octanol–water partition coefficient (Wildman–Crippen LogP) is 2.46. The van der Waals surface area contributed by atoms with E-state index in [4.69, 9.17) is 16.2 Å². The van der Waals surface area contributed by atoms with Crippen LogP contribution in [0.1, 0.15) is 64.5 Å². The van der Waals surface area contributed by atoms with Crippen molar-refractivity contribution in [3.05, 3.63) is 71.8 Å². The average molecular weight is 682 g/mol. The van der Waals surface area contributed by atoms with Gasteiger partial charge in [-0.2, -0.15) is 0 Å². The van der Waals surface area contributed by atoms with E-state index in [1.165, 1.54) is 11.9 Å². The van der Waals surface area contributed by atoms with Gasteiger partial charge in [0.25, 0.3) is 0 Å². The number of carbonyl (C=O) groups is 4. The van der Waals surface area contributed by atoms with Crippen LogP contribution in [0, 0.1) is 11.8 Å². The first-order valence-corrected chi connectivity index (χ1v) is 16.9. The Kier molecular flexibility index (Phi) is 17.7. The lowest BCUT2D eigenvalue weighted by Crippen LogP contribution is -2.58. The van der Waals surface area contributed by atoms with Crippen molar-refractivity contribution in [3.8, 4) is 0 Å². The number of benzene rings is 2. The number of aliphatic hydroxyl groups is 1. The van der Waals surface area contributed by atoms with Crippen LogP contribution in [0.15, 0.2) is 65.7 Å². The molecule has 0 aliphatic heterocycles. The second-order valence-electron chi connectivity index (χ2n) is 12.9. The van der Waals surface area contributed by atoms with E-state index in [0.717, 1.165) is 11.1 Å². The first-order valence-electron chi connectivity index (χ1n) is 16.9. The van der Waals surface area contributed by atoms with Crippen LogP contribution < -0.4 is 27.4 Å². The summed E-state index contributed by atoms with van der Waals surface area (Å²) in [6.45, 7) is 8.18. The van der Waals surface area contributed by atoms with Gasteiger partial charge in [-0.05, 0) is 48.6 Å². The van der Waals surface area contributed by atoms with Crippen molar-refractivity contribution < 1.29 is 29.0 Å². The van der Waals surface area contributed by atoms with Crippen molar-refractivity contribution in [1.29, 1.82) is 0 Å². The molecular formula is C36H55N7O6. The standard InChI is InChI=1S/C36H55N7O6/c1-24(2)21-29(30(44)22-31(45)39-20-18-26-13-8-6-9-14-26)41-33(46)32(25(3)4)43(5)34(47)28(17-12-19-40-35(37)38)42-36(48)49-23-27-15-10-7-11-16-27/h6-11,13-16,24-25,28-30,32,44H,12,17-23H2,1-5H3,(H,39,45)(H,41,46)(H,42,48)(H4,37,38,40)/t28-,29+,30+,32-/m0/s1. The second kappa shape index (κ2) is 21.3. The number of guanidine groups is 1. The third kappa shape index (κ3) is 15.4. The highest BCUT2D eigenvalue weighted by Gasteiger charge is 2.36. The van der Waals surface area contributed by atoms with E-state index in [1.54, 1.807) is 13.8 Å². The van der Waals surface area contributed by atoms with Gasteiger partial charge in [0.2, 0.25) is 17.7 Å². The summed E-state index contributed by atoms with van der Waals surface area (Å²) in [6, 6.07) is 16.2. The van der Waals surface area contributed by atoms with E-state index >= 15 is 0 Å². The molecule has 270 valence electrons. The summed E-state index contributed by atoms with van der Waals surface area (Å²) in [4.78, 5) is 58.4. The molecule has 0 bridgehead atoms. The number of aliphatic hydroxyl groups excluding tert-OH is 1. The zero-order valence-electron chi connectivity index (χ0n) is 29.4. The van der Waals surface area contributed by atoms with Crippen molar-refractivity contribution in [2.45, 2.75) is 90.6 Å². The Morgan fingerprint density at radius 3 is 2.10 bits per heavy atom. The van der Waals surface area contributed by atoms with Crippen LogP contribution in [0.3, 0.4) is 0 Å². The second-order valence-corrected chi connectivity index (χ2v) is 12.9. The number of hydrogen-bond acceptors (Lipinski definition) is 7. The van der Waals surface area contributed by atoms with E-state index < -0.39 is 42.1 Å². The van der Waals surface area contributed by atoms with Crippen LogP contribution in [0.4, 0.5) is 4.79 Å². The Hall–Kier alpha value is -4.65. The molecule has 0 aromatic heterocycles. The maximum atomic E-state index is 13.9. The summed E-state index contributed by atoms with van der Waals surface area (Å²) in [7, 11) is 1.50. The molecule has 49 heavy (non-hydrogen) atoms.